The fourth-order valence-corrected chi connectivity index (χ4v) is 5.63. The second-order valence-corrected chi connectivity index (χ2v) is 10.7. The molecule has 4 aromatic rings. The van der Waals surface area contributed by atoms with Crippen molar-refractivity contribution in [2.24, 2.45) is 0 Å². The predicted octanol–water partition coefficient (Wildman–Crippen LogP) is 4.10. The Hall–Kier alpha value is -5.20. The Morgan fingerprint density at radius 1 is 0.978 bits per heavy atom. The molecule has 3 aromatic carbocycles. The number of ether oxygens (including phenoxy) is 4. The van der Waals surface area contributed by atoms with Gasteiger partial charge in [-0.3, -0.25) is 14.5 Å². The molecule has 1 N–H and O–H groups in total. The molecule has 45 heavy (non-hydrogen) atoms. The van der Waals surface area contributed by atoms with Crippen molar-refractivity contribution in [3.05, 3.63) is 72.0 Å². The number of fused-ring (bicyclic) bond motifs is 1. The molecule has 1 aliphatic heterocycles. The van der Waals surface area contributed by atoms with E-state index in [0.29, 0.717) is 53.0 Å². The number of tetrazole rings is 1. The lowest BCUT2D eigenvalue weighted by Gasteiger charge is -2.33. The van der Waals surface area contributed by atoms with Crippen molar-refractivity contribution in [3.63, 3.8) is 0 Å². The first-order chi connectivity index (χ1) is 21.9. The summed E-state index contributed by atoms with van der Waals surface area (Å²) in [6.45, 7) is 0.399. The minimum Gasteiger partial charge on any atom is -0.493 e. The first-order valence-electron chi connectivity index (χ1n) is 14.7. The van der Waals surface area contributed by atoms with E-state index < -0.39 is 17.8 Å². The van der Waals surface area contributed by atoms with Gasteiger partial charge in [-0.05, 0) is 66.1 Å². The molecular weight excluding hydrogens is 583 g/mol. The maximum absolute atomic E-state index is 14.3. The largest absolute Gasteiger partial charge is 0.493 e. The topological polar surface area (TPSA) is 130 Å². The third-order valence-corrected chi connectivity index (χ3v) is 7.84. The molecule has 2 heterocycles. The maximum Gasteiger partial charge on any atom is 0.251 e. The minimum atomic E-state index is -1.13. The van der Waals surface area contributed by atoms with E-state index >= 15 is 0 Å². The Bertz CT molecular complexity index is 1670. The van der Waals surface area contributed by atoms with Crippen LogP contribution in [0.4, 0.5) is 10.1 Å². The summed E-state index contributed by atoms with van der Waals surface area (Å²) in [5, 5.41) is 15.8. The number of anilines is 1. The van der Waals surface area contributed by atoms with Gasteiger partial charge in [0.1, 0.15) is 31.6 Å². The van der Waals surface area contributed by atoms with Crippen LogP contribution in [0, 0.1) is 5.82 Å². The summed E-state index contributed by atoms with van der Waals surface area (Å²) in [5.74, 6) is 0.936. The van der Waals surface area contributed by atoms with E-state index in [2.05, 4.69) is 20.7 Å². The minimum absolute atomic E-state index is 0.0151. The van der Waals surface area contributed by atoms with E-state index in [1.807, 2.05) is 0 Å². The summed E-state index contributed by atoms with van der Waals surface area (Å²) in [6, 6.07) is 14.6. The third kappa shape index (κ3) is 6.52. The van der Waals surface area contributed by atoms with Crippen LogP contribution in [0.5, 0.6) is 23.0 Å². The van der Waals surface area contributed by atoms with Gasteiger partial charge in [0.2, 0.25) is 11.7 Å². The van der Waals surface area contributed by atoms with Crippen LogP contribution in [0.2, 0.25) is 0 Å². The van der Waals surface area contributed by atoms with E-state index in [1.54, 1.807) is 43.5 Å². The molecule has 2 amide bonds. The van der Waals surface area contributed by atoms with Crippen LogP contribution < -0.4 is 29.2 Å². The van der Waals surface area contributed by atoms with Crippen LogP contribution in [-0.4, -0.2) is 65.5 Å². The summed E-state index contributed by atoms with van der Waals surface area (Å²) < 4.78 is 36.2. The van der Waals surface area contributed by atoms with E-state index in [9.17, 15) is 14.0 Å². The van der Waals surface area contributed by atoms with Crippen LogP contribution in [0.3, 0.4) is 0 Å². The number of carbonyl (C=O) groups is 2. The summed E-state index contributed by atoms with van der Waals surface area (Å²) in [7, 11) is 3.07. The van der Waals surface area contributed by atoms with Gasteiger partial charge < -0.3 is 24.3 Å². The highest BCUT2D eigenvalue weighted by atomic mass is 19.1. The number of benzene rings is 3. The lowest BCUT2D eigenvalue weighted by molar-refractivity contribution is -0.127. The molecule has 1 aromatic heterocycles. The normalized spacial score (nSPS) is 14.9. The summed E-state index contributed by atoms with van der Waals surface area (Å²) in [5.41, 5.74) is 1.43. The van der Waals surface area contributed by atoms with Gasteiger partial charge in [0.25, 0.3) is 5.91 Å². The highest BCUT2D eigenvalue weighted by Crippen LogP contribution is 2.38. The number of rotatable bonds is 10. The van der Waals surface area contributed by atoms with Crippen molar-refractivity contribution in [1.29, 1.82) is 0 Å². The number of carbonyl (C=O) groups excluding carboxylic acids is 2. The maximum atomic E-state index is 14.3. The predicted molar refractivity (Wildman–Crippen MR) is 161 cm³/mol. The van der Waals surface area contributed by atoms with Crippen molar-refractivity contribution in [2.45, 2.75) is 44.3 Å². The monoisotopic (exact) mass is 616 g/mol. The van der Waals surface area contributed by atoms with Crippen LogP contribution in [-0.2, 0) is 16.1 Å². The number of hydrogen-bond acceptors (Lipinski definition) is 9. The molecule has 12 nitrogen and oxygen atoms in total. The first kappa shape index (κ1) is 29.9. The van der Waals surface area contributed by atoms with Gasteiger partial charge in [0, 0.05) is 23.4 Å². The lowest BCUT2D eigenvalue weighted by Crippen LogP contribution is -2.47. The van der Waals surface area contributed by atoms with Gasteiger partial charge in [0.05, 0.1) is 14.2 Å². The number of nitrogens with one attached hydrogen (secondary N) is 1. The SMILES string of the molecule is COc1ccc(-c2nnn(CC(=O)N(c3ccc4c(c3)OCCO4)C(C(=O)NC3CCCC3)c3ccc(F)cc3)n2)cc1OC. The molecule has 13 heteroatoms. The average molecular weight is 617 g/mol. The molecule has 2 aliphatic rings. The molecule has 1 aliphatic carbocycles. The summed E-state index contributed by atoms with van der Waals surface area (Å²) >= 11 is 0. The molecular formula is C32H33FN6O6. The molecule has 234 valence electrons. The van der Waals surface area contributed by atoms with E-state index in [0.717, 1.165) is 30.5 Å². The summed E-state index contributed by atoms with van der Waals surface area (Å²) in [4.78, 5) is 30.8. The number of halogens is 1. The third-order valence-electron chi connectivity index (χ3n) is 7.84. The quantitative estimate of drug-likeness (QED) is 0.280. The number of hydrogen-bond donors (Lipinski definition) is 1. The van der Waals surface area contributed by atoms with Crippen LogP contribution >= 0.6 is 0 Å². The number of amides is 2. The smallest absolute Gasteiger partial charge is 0.251 e. The zero-order valence-corrected chi connectivity index (χ0v) is 24.9. The lowest BCUT2D eigenvalue weighted by atomic mass is 10.0. The van der Waals surface area contributed by atoms with Gasteiger partial charge in [-0.2, -0.15) is 4.80 Å². The van der Waals surface area contributed by atoms with Crippen molar-refractivity contribution in [1.82, 2.24) is 25.5 Å². The Kier molecular flexibility index (Phi) is 8.76. The molecule has 0 bridgehead atoms. The second-order valence-electron chi connectivity index (χ2n) is 10.7. The van der Waals surface area contributed by atoms with Gasteiger partial charge >= 0.3 is 0 Å². The fourth-order valence-electron chi connectivity index (χ4n) is 5.63. The molecule has 1 unspecified atom stereocenters. The fraction of sp³-hybridized carbons (Fsp3) is 0.344. The Morgan fingerprint density at radius 3 is 2.44 bits per heavy atom. The molecule has 0 radical (unpaired) electrons. The van der Waals surface area contributed by atoms with E-state index in [4.69, 9.17) is 18.9 Å². The standard InChI is InChI=1S/C32H33FN6O6/c1-42-25-13-9-21(17-27(25)43-2)31-35-37-38(36-31)19-29(40)39(24-12-14-26-28(18-24)45-16-15-44-26)30(20-7-10-22(33)11-8-20)32(41)34-23-5-3-4-6-23/h7-14,17-18,23,30H,3-6,15-16,19H2,1-2H3,(H,34,41). The number of aromatic nitrogens is 4. The van der Waals surface area contributed by atoms with Crippen LogP contribution in [0.25, 0.3) is 11.4 Å². The Labute approximate surface area is 259 Å². The molecule has 1 atom stereocenters. The zero-order valence-electron chi connectivity index (χ0n) is 24.9. The second kappa shape index (κ2) is 13.2. The molecule has 1 fully saturated rings. The number of nitrogens with zero attached hydrogens (tertiary/aromatic N) is 5. The van der Waals surface area contributed by atoms with Crippen LogP contribution in [0.1, 0.15) is 37.3 Å². The molecule has 1 saturated carbocycles. The van der Waals surface area contributed by atoms with Crippen molar-refractivity contribution in [2.75, 3.05) is 32.3 Å². The van der Waals surface area contributed by atoms with E-state index in [1.165, 1.54) is 36.3 Å². The van der Waals surface area contributed by atoms with Crippen LogP contribution in [0.15, 0.2) is 60.7 Å². The Balaban J connectivity index is 1.36. The van der Waals surface area contributed by atoms with Crippen molar-refractivity contribution < 1.29 is 32.9 Å². The summed E-state index contributed by atoms with van der Waals surface area (Å²) in [6.07, 6.45) is 3.72. The number of methoxy groups -OCH3 is 2. The highest BCUT2D eigenvalue weighted by Gasteiger charge is 2.35. The van der Waals surface area contributed by atoms with Crippen molar-refractivity contribution in [3.8, 4) is 34.4 Å². The zero-order chi connectivity index (χ0) is 31.3. The molecule has 6 rings (SSSR count). The Morgan fingerprint density at radius 2 is 1.71 bits per heavy atom. The van der Waals surface area contributed by atoms with Gasteiger partial charge in [-0.1, -0.05) is 25.0 Å². The highest BCUT2D eigenvalue weighted by molar-refractivity contribution is 6.01. The average Bonchev–Trinajstić information content (AvgIpc) is 3.76. The first-order valence-corrected chi connectivity index (χ1v) is 14.7. The van der Waals surface area contributed by atoms with E-state index in [-0.39, 0.29) is 24.3 Å². The van der Waals surface area contributed by atoms with Gasteiger partial charge in [0.15, 0.2) is 23.0 Å². The molecule has 0 saturated heterocycles. The van der Waals surface area contributed by atoms with Gasteiger partial charge in [-0.25, -0.2) is 4.39 Å². The van der Waals surface area contributed by atoms with Gasteiger partial charge in [-0.15, -0.1) is 10.2 Å². The molecule has 0 spiro atoms. The van der Waals surface area contributed by atoms with Crippen molar-refractivity contribution >= 4 is 17.5 Å².